The van der Waals surface area contributed by atoms with Gasteiger partial charge in [-0.3, -0.25) is 24.0 Å². The predicted octanol–water partition coefficient (Wildman–Crippen LogP) is -0.650. The van der Waals surface area contributed by atoms with Gasteiger partial charge in [-0.2, -0.15) is 0 Å². The van der Waals surface area contributed by atoms with E-state index in [1.165, 1.54) is 26.2 Å². The summed E-state index contributed by atoms with van der Waals surface area (Å²) in [5.41, 5.74) is 0.0308. The molecular formula is C25H40N6O7S. The molecule has 0 aromatic carbocycles. The molecule has 1 aliphatic rings. The van der Waals surface area contributed by atoms with E-state index in [-0.39, 0.29) is 11.6 Å². The first kappa shape index (κ1) is 32.1. The Morgan fingerprint density at radius 1 is 0.769 bits per heavy atom. The summed E-state index contributed by atoms with van der Waals surface area (Å²) in [6.45, 7) is 11.2. The number of aliphatic hydroxyl groups excluding tert-OH is 2. The van der Waals surface area contributed by atoms with Crippen molar-refractivity contribution in [1.82, 2.24) is 31.6 Å². The number of nitrogens with one attached hydrogen (secondary N) is 5. The maximum atomic E-state index is 13.3. The summed E-state index contributed by atoms with van der Waals surface area (Å²) >= 11 is 1.15. The molecule has 218 valence electrons. The summed E-state index contributed by atoms with van der Waals surface area (Å²) in [6.07, 6.45) is -1.97. The second-order valence-electron chi connectivity index (χ2n) is 10.3. The summed E-state index contributed by atoms with van der Waals surface area (Å²) in [4.78, 5) is 69.6. The van der Waals surface area contributed by atoms with Crippen molar-refractivity contribution < 1.29 is 34.2 Å². The Balaban J connectivity index is 2.56. The van der Waals surface area contributed by atoms with Gasteiger partial charge in [-0.15, -0.1) is 11.3 Å². The second kappa shape index (κ2) is 13.8. The number of hydrogen-bond donors (Lipinski definition) is 7. The average molecular weight is 569 g/mol. The van der Waals surface area contributed by atoms with Gasteiger partial charge < -0.3 is 36.8 Å². The minimum atomic E-state index is -1.44. The number of carbonyl (C=O) groups excluding carboxylic acids is 5. The highest BCUT2D eigenvalue weighted by Crippen LogP contribution is 2.27. The Morgan fingerprint density at radius 3 is 1.72 bits per heavy atom. The van der Waals surface area contributed by atoms with Crippen LogP contribution in [0.4, 0.5) is 0 Å². The number of rotatable bonds is 5. The van der Waals surface area contributed by atoms with Crippen LogP contribution in [0.1, 0.15) is 76.4 Å². The molecule has 0 saturated carbocycles. The fourth-order valence-electron chi connectivity index (χ4n) is 3.91. The van der Waals surface area contributed by atoms with E-state index in [9.17, 15) is 34.2 Å². The van der Waals surface area contributed by atoms with Gasteiger partial charge in [-0.05, 0) is 32.6 Å². The lowest BCUT2D eigenvalue weighted by molar-refractivity contribution is -0.137. The molecule has 8 atom stereocenters. The van der Waals surface area contributed by atoms with E-state index in [0.29, 0.717) is 11.4 Å². The first-order chi connectivity index (χ1) is 18.2. The van der Waals surface area contributed by atoms with Gasteiger partial charge in [0.2, 0.25) is 23.6 Å². The van der Waals surface area contributed by atoms with Crippen molar-refractivity contribution in [3.63, 3.8) is 0 Å². The highest BCUT2D eigenvalue weighted by Gasteiger charge is 2.36. The van der Waals surface area contributed by atoms with Gasteiger partial charge in [0, 0.05) is 5.38 Å². The molecule has 0 spiro atoms. The van der Waals surface area contributed by atoms with E-state index in [2.05, 4.69) is 31.6 Å². The molecule has 2 heterocycles. The molecule has 1 aromatic heterocycles. The van der Waals surface area contributed by atoms with Gasteiger partial charge in [0.25, 0.3) is 5.91 Å². The van der Waals surface area contributed by atoms with E-state index in [1.54, 1.807) is 13.8 Å². The third-order valence-electron chi connectivity index (χ3n) is 6.64. The second-order valence-corrected chi connectivity index (χ2v) is 11.2. The van der Waals surface area contributed by atoms with Crippen molar-refractivity contribution in [1.29, 1.82) is 0 Å². The Bertz CT molecular complexity index is 1060. The number of hydrogen-bond acceptors (Lipinski definition) is 9. The molecule has 0 radical (unpaired) electrons. The minimum Gasteiger partial charge on any atom is -0.391 e. The summed E-state index contributed by atoms with van der Waals surface area (Å²) in [7, 11) is 0. The number of aliphatic hydroxyl groups is 2. The Kier molecular flexibility index (Phi) is 11.4. The topological polar surface area (TPSA) is 199 Å². The molecule has 5 amide bonds. The molecule has 0 aliphatic carbocycles. The summed E-state index contributed by atoms with van der Waals surface area (Å²) in [5.74, 6) is -4.17. The lowest BCUT2D eigenvalue weighted by Crippen LogP contribution is -2.62. The van der Waals surface area contributed by atoms with Crippen LogP contribution < -0.4 is 26.6 Å². The molecule has 14 heteroatoms. The molecule has 1 aliphatic heterocycles. The molecule has 1 aromatic rings. The van der Waals surface area contributed by atoms with Gasteiger partial charge in [-0.25, -0.2) is 4.98 Å². The van der Waals surface area contributed by atoms with Crippen LogP contribution in [-0.4, -0.2) is 81.1 Å². The first-order valence-electron chi connectivity index (χ1n) is 13.0. The van der Waals surface area contributed by atoms with Crippen molar-refractivity contribution in [2.45, 2.75) is 97.3 Å². The number of carbonyl (C=O) groups is 5. The predicted molar refractivity (Wildman–Crippen MR) is 143 cm³/mol. The van der Waals surface area contributed by atoms with Crippen LogP contribution in [0.25, 0.3) is 0 Å². The molecule has 0 fully saturated rings. The maximum absolute atomic E-state index is 13.3. The van der Waals surface area contributed by atoms with Crippen molar-refractivity contribution in [2.24, 2.45) is 11.8 Å². The SMILES string of the molecule is CC[C@H](C)[C@@H]1NC(=O)[C@H]([C@@H](C)O)NC(=O)[C@H](C(C)C)NC(=O)[C@H]([C@@H](C)O)NC(=O)[C@H](C)NC(=O)c2csc1n2. The molecule has 39 heavy (non-hydrogen) atoms. The van der Waals surface area contributed by atoms with Crippen LogP contribution in [0, 0.1) is 11.8 Å². The van der Waals surface area contributed by atoms with E-state index < -0.39 is 77.9 Å². The molecular weight excluding hydrogens is 528 g/mol. The van der Waals surface area contributed by atoms with Crippen LogP contribution in [-0.2, 0) is 19.2 Å². The Morgan fingerprint density at radius 2 is 1.23 bits per heavy atom. The van der Waals surface area contributed by atoms with Gasteiger partial charge in [0.1, 0.15) is 34.9 Å². The normalized spacial score (nSPS) is 28.2. The smallest absolute Gasteiger partial charge is 0.271 e. The lowest BCUT2D eigenvalue weighted by atomic mass is 9.98. The van der Waals surface area contributed by atoms with Crippen molar-refractivity contribution >= 4 is 40.9 Å². The minimum absolute atomic E-state index is 0.0308. The molecule has 0 saturated heterocycles. The zero-order chi connectivity index (χ0) is 29.6. The number of aromatic nitrogens is 1. The molecule has 2 bridgehead atoms. The molecule has 13 nitrogen and oxygen atoms in total. The fraction of sp³-hybridized carbons (Fsp3) is 0.680. The Labute approximate surface area is 231 Å². The largest absolute Gasteiger partial charge is 0.391 e. The van der Waals surface area contributed by atoms with Crippen molar-refractivity contribution in [3.05, 3.63) is 16.1 Å². The average Bonchev–Trinajstić information content (AvgIpc) is 3.35. The third kappa shape index (κ3) is 8.19. The van der Waals surface area contributed by atoms with E-state index >= 15 is 0 Å². The number of nitrogens with zero attached hydrogens (tertiary/aromatic N) is 1. The quantitative estimate of drug-likeness (QED) is 0.243. The van der Waals surface area contributed by atoms with Gasteiger partial charge in [-0.1, -0.05) is 34.1 Å². The summed E-state index contributed by atoms with van der Waals surface area (Å²) in [6, 6.07) is -5.68. The van der Waals surface area contributed by atoms with Gasteiger partial charge >= 0.3 is 0 Å². The van der Waals surface area contributed by atoms with Crippen LogP contribution in [0.3, 0.4) is 0 Å². The third-order valence-corrected chi connectivity index (χ3v) is 7.57. The van der Waals surface area contributed by atoms with Crippen molar-refractivity contribution in [2.75, 3.05) is 0 Å². The van der Waals surface area contributed by atoms with Crippen LogP contribution >= 0.6 is 11.3 Å². The molecule has 7 N–H and O–H groups in total. The van der Waals surface area contributed by atoms with E-state index in [4.69, 9.17) is 0 Å². The summed E-state index contributed by atoms with van der Waals surface area (Å²) in [5, 5.41) is 35.3. The maximum Gasteiger partial charge on any atom is 0.271 e. The zero-order valence-electron chi connectivity index (χ0n) is 23.3. The first-order valence-corrected chi connectivity index (χ1v) is 13.9. The van der Waals surface area contributed by atoms with Crippen LogP contribution in [0.5, 0.6) is 0 Å². The van der Waals surface area contributed by atoms with Crippen molar-refractivity contribution in [3.8, 4) is 0 Å². The summed E-state index contributed by atoms with van der Waals surface area (Å²) < 4.78 is 0. The highest BCUT2D eigenvalue weighted by molar-refractivity contribution is 7.09. The standard InChI is InChI=1S/C25H40N6O7S/c1-8-11(4)17-25-27-15(9-39-25)21(35)26-12(5)20(34)30-18(13(6)32)23(37)28-16(10(2)3)22(36)31-19(14(7)33)24(38)29-17/h9-14,16-19,32-33H,8H2,1-7H3,(H,26,35)(H,28,37)(H,29,38)(H,30,34)(H,31,36)/t11-,12-,13+,14+,16-,17-,18-,19-/m0/s1. The zero-order valence-corrected chi connectivity index (χ0v) is 24.1. The van der Waals surface area contributed by atoms with E-state index in [0.717, 1.165) is 11.3 Å². The monoisotopic (exact) mass is 568 g/mol. The molecule has 2 rings (SSSR count). The molecule has 0 unspecified atom stereocenters. The van der Waals surface area contributed by atoms with E-state index in [1.807, 2.05) is 13.8 Å². The fourth-order valence-corrected chi connectivity index (χ4v) is 4.89. The highest BCUT2D eigenvalue weighted by atomic mass is 32.1. The van der Waals surface area contributed by atoms with Crippen LogP contribution in [0.2, 0.25) is 0 Å². The Hall–Kier alpha value is -3.10. The van der Waals surface area contributed by atoms with Gasteiger partial charge in [0.05, 0.1) is 18.2 Å². The number of amides is 5. The number of fused-ring (bicyclic) bond motifs is 2. The van der Waals surface area contributed by atoms with Crippen LogP contribution in [0.15, 0.2) is 5.38 Å². The number of thiazole rings is 1. The van der Waals surface area contributed by atoms with Gasteiger partial charge in [0.15, 0.2) is 0 Å². The lowest BCUT2D eigenvalue weighted by Gasteiger charge is -2.30.